The standard InChI is InChI=1S/C12H19N3O4S/c13-9(11(16)17)7-20-6-5-8-3-1-2-4-10-14-19-12(18)15(8)10/h8-9H,1-7,13H2,(H,16,17). The molecule has 2 unspecified atom stereocenters. The molecule has 0 fully saturated rings. The van der Waals surface area contributed by atoms with Crippen LogP contribution in [-0.2, 0) is 11.2 Å². The first kappa shape index (κ1) is 15.1. The van der Waals surface area contributed by atoms with Crippen LogP contribution in [-0.4, -0.2) is 38.3 Å². The van der Waals surface area contributed by atoms with Crippen molar-refractivity contribution in [2.45, 2.75) is 44.2 Å². The Balaban J connectivity index is 1.88. The summed E-state index contributed by atoms with van der Waals surface area (Å²) in [6, 6.07) is -0.734. The topological polar surface area (TPSA) is 111 Å². The number of aryl methyl sites for hydroxylation is 1. The van der Waals surface area contributed by atoms with Gasteiger partial charge in [-0.15, -0.1) is 0 Å². The highest BCUT2D eigenvalue weighted by Crippen LogP contribution is 2.25. The molecule has 0 bridgehead atoms. The molecule has 0 saturated carbocycles. The summed E-state index contributed by atoms with van der Waals surface area (Å²) in [7, 11) is 0. The summed E-state index contributed by atoms with van der Waals surface area (Å²) in [4.78, 5) is 22.3. The van der Waals surface area contributed by atoms with Crippen LogP contribution in [0.5, 0.6) is 0 Å². The maximum Gasteiger partial charge on any atom is 0.441 e. The van der Waals surface area contributed by atoms with Crippen molar-refractivity contribution < 1.29 is 14.4 Å². The maximum absolute atomic E-state index is 11.7. The fourth-order valence-corrected chi connectivity index (χ4v) is 3.38. The Hall–Kier alpha value is -1.28. The van der Waals surface area contributed by atoms with Gasteiger partial charge in [0.05, 0.1) is 0 Å². The molecule has 7 nitrogen and oxygen atoms in total. The van der Waals surface area contributed by atoms with Crippen molar-refractivity contribution in [1.82, 2.24) is 9.72 Å². The number of thioether (sulfide) groups is 1. The molecule has 0 aliphatic carbocycles. The molecule has 2 rings (SSSR count). The van der Waals surface area contributed by atoms with Crippen LogP contribution in [0.15, 0.2) is 9.32 Å². The molecule has 20 heavy (non-hydrogen) atoms. The van der Waals surface area contributed by atoms with E-state index < -0.39 is 12.0 Å². The monoisotopic (exact) mass is 301 g/mol. The number of hydrogen-bond acceptors (Lipinski definition) is 6. The number of aliphatic carboxylic acids is 1. The van der Waals surface area contributed by atoms with Crippen LogP contribution in [0.1, 0.15) is 37.5 Å². The van der Waals surface area contributed by atoms with Crippen molar-refractivity contribution in [3.05, 3.63) is 16.4 Å². The van der Waals surface area contributed by atoms with Gasteiger partial charge >= 0.3 is 11.7 Å². The largest absolute Gasteiger partial charge is 0.480 e. The molecule has 112 valence electrons. The number of carboxylic acid groups (broad SMARTS) is 1. The Morgan fingerprint density at radius 3 is 3.15 bits per heavy atom. The van der Waals surface area contributed by atoms with E-state index in [2.05, 4.69) is 5.16 Å². The van der Waals surface area contributed by atoms with Crippen LogP contribution in [0, 0.1) is 0 Å². The molecule has 0 amide bonds. The van der Waals surface area contributed by atoms with E-state index in [0.717, 1.165) is 43.7 Å². The molecule has 1 aromatic rings. The van der Waals surface area contributed by atoms with Crippen molar-refractivity contribution in [3.8, 4) is 0 Å². The van der Waals surface area contributed by atoms with Crippen LogP contribution in [0.3, 0.4) is 0 Å². The number of fused-ring (bicyclic) bond motifs is 1. The second-order valence-corrected chi connectivity index (χ2v) is 6.09. The minimum atomic E-state index is -0.982. The number of carbonyl (C=O) groups is 1. The van der Waals surface area contributed by atoms with Gasteiger partial charge in [0.15, 0.2) is 5.82 Å². The number of rotatable bonds is 6. The number of nitrogens with two attached hydrogens (primary N) is 1. The minimum Gasteiger partial charge on any atom is -0.480 e. The predicted molar refractivity (Wildman–Crippen MR) is 74.9 cm³/mol. The van der Waals surface area contributed by atoms with Gasteiger partial charge in [0.1, 0.15) is 6.04 Å². The van der Waals surface area contributed by atoms with Gasteiger partial charge in [-0.05, 0) is 25.0 Å². The van der Waals surface area contributed by atoms with Crippen molar-refractivity contribution >= 4 is 17.7 Å². The smallest absolute Gasteiger partial charge is 0.441 e. The maximum atomic E-state index is 11.7. The van der Waals surface area contributed by atoms with Crippen LogP contribution < -0.4 is 11.5 Å². The molecule has 0 radical (unpaired) electrons. The van der Waals surface area contributed by atoms with Gasteiger partial charge in [0.25, 0.3) is 0 Å². The Bertz CT molecular complexity index is 513. The quantitative estimate of drug-likeness (QED) is 0.741. The van der Waals surface area contributed by atoms with Crippen LogP contribution in [0.2, 0.25) is 0 Å². The number of aromatic nitrogens is 2. The summed E-state index contributed by atoms with van der Waals surface area (Å²) in [5.41, 5.74) is 5.44. The first-order valence-corrected chi connectivity index (χ1v) is 7.88. The zero-order valence-electron chi connectivity index (χ0n) is 11.2. The Labute approximate surface area is 120 Å². The Morgan fingerprint density at radius 2 is 2.40 bits per heavy atom. The highest BCUT2D eigenvalue weighted by Gasteiger charge is 2.22. The van der Waals surface area contributed by atoms with E-state index in [9.17, 15) is 9.59 Å². The highest BCUT2D eigenvalue weighted by atomic mass is 32.2. The molecule has 1 aromatic heterocycles. The third-order valence-corrected chi connectivity index (χ3v) is 4.59. The molecule has 1 aliphatic rings. The molecule has 2 heterocycles. The normalized spacial score (nSPS) is 20.1. The van der Waals surface area contributed by atoms with E-state index in [4.69, 9.17) is 15.4 Å². The van der Waals surface area contributed by atoms with E-state index in [-0.39, 0.29) is 11.8 Å². The first-order valence-electron chi connectivity index (χ1n) is 6.73. The van der Waals surface area contributed by atoms with Gasteiger partial charge in [-0.3, -0.25) is 13.9 Å². The molecule has 2 atom stereocenters. The second-order valence-electron chi connectivity index (χ2n) is 4.94. The number of nitrogens with zero attached hydrogens (tertiary/aromatic N) is 2. The fraction of sp³-hybridized carbons (Fsp3) is 0.750. The molecule has 0 spiro atoms. The zero-order chi connectivity index (χ0) is 14.5. The van der Waals surface area contributed by atoms with Gasteiger partial charge in [-0.1, -0.05) is 11.6 Å². The van der Waals surface area contributed by atoms with E-state index in [1.54, 1.807) is 4.57 Å². The minimum absolute atomic E-state index is 0.0970. The highest BCUT2D eigenvalue weighted by molar-refractivity contribution is 7.99. The summed E-state index contributed by atoms with van der Waals surface area (Å²) >= 11 is 1.50. The van der Waals surface area contributed by atoms with E-state index >= 15 is 0 Å². The van der Waals surface area contributed by atoms with Gasteiger partial charge in [-0.2, -0.15) is 11.8 Å². The Morgan fingerprint density at radius 1 is 1.60 bits per heavy atom. The van der Waals surface area contributed by atoms with Crippen LogP contribution in [0.25, 0.3) is 0 Å². The molecule has 0 aromatic carbocycles. The van der Waals surface area contributed by atoms with Gasteiger partial charge in [0.2, 0.25) is 0 Å². The number of hydrogen-bond donors (Lipinski definition) is 2. The van der Waals surface area contributed by atoms with Gasteiger partial charge < -0.3 is 10.8 Å². The lowest BCUT2D eigenvalue weighted by Crippen LogP contribution is -2.32. The van der Waals surface area contributed by atoms with Crippen LogP contribution >= 0.6 is 11.8 Å². The summed E-state index contributed by atoms with van der Waals surface area (Å²) < 4.78 is 6.39. The van der Waals surface area contributed by atoms with Crippen molar-refractivity contribution in [2.75, 3.05) is 11.5 Å². The van der Waals surface area contributed by atoms with Crippen molar-refractivity contribution in [2.24, 2.45) is 5.73 Å². The van der Waals surface area contributed by atoms with E-state index in [0.29, 0.717) is 5.75 Å². The molecule has 3 N–H and O–H groups in total. The van der Waals surface area contributed by atoms with E-state index in [1.165, 1.54) is 11.8 Å². The zero-order valence-corrected chi connectivity index (χ0v) is 12.0. The van der Waals surface area contributed by atoms with Crippen LogP contribution in [0.4, 0.5) is 0 Å². The third kappa shape index (κ3) is 3.63. The SMILES string of the molecule is NC(CSCCC1CCCCc2noc(=O)n21)C(=O)O. The summed E-state index contributed by atoms with van der Waals surface area (Å²) in [5.74, 6) is 0.504. The summed E-state index contributed by atoms with van der Waals surface area (Å²) in [6.45, 7) is 0. The summed E-state index contributed by atoms with van der Waals surface area (Å²) in [6.07, 6.45) is 4.58. The lowest BCUT2D eigenvalue weighted by Gasteiger charge is -2.15. The summed E-state index contributed by atoms with van der Waals surface area (Å²) in [5, 5.41) is 12.5. The second kappa shape index (κ2) is 6.94. The number of carboxylic acids is 1. The van der Waals surface area contributed by atoms with Gasteiger partial charge in [-0.25, -0.2) is 4.79 Å². The Kier molecular flexibility index (Phi) is 5.24. The fourth-order valence-electron chi connectivity index (χ4n) is 2.38. The lowest BCUT2D eigenvalue weighted by atomic mass is 10.1. The molecule has 8 heteroatoms. The van der Waals surface area contributed by atoms with Gasteiger partial charge in [0, 0.05) is 18.2 Å². The average Bonchev–Trinajstić information content (AvgIpc) is 2.66. The molecular formula is C12H19N3O4S. The first-order chi connectivity index (χ1) is 9.59. The van der Waals surface area contributed by atoms with E-state index in [1.807, 2.05) is 0 Å². The average molecular weight is 301 g/mol. The molecular weight excluding hydrogens is 282 g/mol. The third-order valence-electron chi connectivity index (χ3n) is 3.47. The lowest BCUT2D eigenvalue weighted by molar-refractivity contribution is -0.137. The predicted octanol–water partition coefficient (Wildman–Crippen LogP) is 0.639. The van der Waals surface area contributed by atoms with Crippen molar-refractivity contribution in [1.29, 1.82) is 0 Å². The molecule has 1 aliphatic heterocycles. The van der Waals surface area contributed by atoms with Crippen molar-refractivity contribution in [3.63, 3.8) is 0 Å². The molecule has 0 saturated heterocycles.